The van der Waals surface area contributed by atoms with Crippen LogP contribution < -0.4 is 9.61 Å². The molecule has 0 aromatic heterocycles. The van der Waals surface area contributed by atoms with Crippen molar-refractivity contribution in [3.8, 4) is 5.75 Å². The van der Waals surface area contributed by atoms with Crippen LogP contribution in [0.25, 0.3) is 0 Å². The smallest absolute Gasteiger partial charge is 0.287 e. The molecule has 1 aromatic carbocycles. The molecule has 0 amide bonds. The zero-order chi connectivity index (χ0) is 12.1. The topological polar surface area (TPSA) is 30.5 Å². The molecule has 0 aliphatic carbocycles. The molecule has 90 valence electrons. The summed E-state index contributed by atoms with van der Waals surface area (Å²) in [6.07, 6.45) is 0.910. The average molecular weight is 315 g/mol. The third-order valence-corrected chi connectivity index (χ3v) is 6.91. The number of nitrogens with one attached hydrogen (secondary N) is 1. The number of para-hydroxylation sites is 2. The van der Waals surface area contributed by atoms with E-state index < -0.39 is 7.87 Å². The lowest BCUT2D eigenvalue weighted by Gasteiger charge is -2.20. The van der Waals surface area contributed by atoms with Crippen molar-refractivity contribution in [1.82, 2.24) is 0 Å². The lowest BCUT2D eigenvalue weighted by Crippen LogP contribution is -2.24. The Labute approximate surface area is 110 Å². The van der Waals surface area contributed by atoms with E-state index in [-0.39, 0.29) is 5.60 Å². The predicted octanol–water partition coefficient (Wildman–Crippen LogP) is 4.69. The third kappa shape index (κ3) is 1.70. The second-order valence-corrected chi connectivity index (χ2v) is 7.34. The maximum atomic E-state index is 6.18. The molecule has 17 heavy (non-hydrogen) atoms. The molecule has 1 N–H and O–H groups in total. The molecule has 1 aromatic rings. The van der Waals surface area contributed by atoms with E-state index >= 15 is 0 Å². The van der Waals surface area contributed by atoms with Crippen LogP contribution in [0.3, 0.4) is 0 Å². The molecular formula is C12H14BrNO2P+. The Kier molecular flexibility index (Phi) is 2.51. The third-order valence-electron chi connectivity index (χ3n) is 3.20. The minimum atomic E-state index is -2.13. The molecule has 0 bridgehead atoms. The lowest BCUT2D eigenvalue weighted by atomic mass is 10.1. The van der Waals surface area contributed by atoms with Crippen molar-refractivity contribution in [2.75, 3.05) is 5.09 Å². The van der Waals surface area contributed by atoms with E-state index in [2.05, 4.69) is 40.7 Å². The predicted molar refractivity (Wildman–Crippen MR) is 74.4 cm³/mol. The highest BCUT2D eigenvalue weighted by Crippen LogP contribution is 2.74. The summed E-state index contributed by atoms with van der Waals surface area (Å²) in [7, 11) is -2.13. The number of halogens is 1. The Bertz CT molecular complexity index is 480. The van der Waals surface area contributed by atoms with E-state index in [9.17, 15) is 0 Å². The first-order valence-electron chi connectivity index (χ1n) is 5.62. The second kappa shape index (κ2) is 3.71. The highest BCUT2D eigenvalue weighted by molar-refractivity contribution is 9.11. The van der Waals surface area contributed by atoms with Crippen molar-refractivity contribution in [2.45, 2.75) is 25.9 Å². The number of anilines is 1. The van der Waals surface area contributed by atoms with Gasteiger partial charge in [0.1, 0.15) is 5.69 Å². The van der Waals surface area contributed by atoms with E-state index in [0.29, 0.717) is 0 Å². The van der Waals surface area contributed by atoms with Gasteiger partial charge in [0.05, 0.1) is 4.48 Å². The Morgan fingerprint density at radius 2 is 2.18 bits per heavy atom. The molecule has 2 atom stereocenters. The summed E-state index contributed by atoms with van der Waals surface area (Å²) in [6, 6.07) is 7.93. The van der Waals surface area contributed by atoms with Crippen LogP contribution in [0.1, 0.15) is 20.3 Å². The Morgan fingerprint density at radius 3 is 2.82 bits per heavy atom. The minimum absolute atomic E-state index is 0.275. The summed E-state index contributed by atoms with van der Waals surface area (Å²) >= 11 is 3.59. The van der Waals surface area contributed by atoms with Crippen molar-refractivity contribution in [3.05, 3.63) is 34.6 Å². The van der Waals surface area contributed by atoms with E-state index in [0.717, 1.165) is 22.3 Å². The molecule has 2 aliphatic heterocycles. The zero-order valence-corrected chi connectivity index (χ0v) is 12.2. The van der Waals surface area contributed by atoms with Gasteiger partial charge in [-0.05, 0) is 41.4 Å². The average Bonchev–Trinajstić information content (AvgIpc) is 2.76. The van der Waals surface area contributed by atoms with E-state index in [4.69, 9.17) is 9.05 Å². The SMILES string of the molecule is CCC1(C)O[P+]2(C=C1Br)Nc1ccccc1O2. The summed E-state index contributed by atoms with van der Waals surface area (Å²) in [4.78, 5) is 0. The van der Waals surface area contributed by atoms with Crippen LogP contribution in [-0.2, 0) is 4.52 Å². The highest BCUT2D eigenvalue weighted by Gasteiger charge is 2.60. The molecular weight excluding hydrogens is 301 g/mol. The van der Waals surface area contributed by atoms with Crippen LogP contribution in [0.4, 0.5) is 5.69 Å². The molecule has 0 radical (unpaired) electrons. The molecule has 5 heteroatoms. The van der Waals surface area contributed by atoms with Crippen molar-refractivity contribution < 1.29 is 9.05 Å². The molecule has 2 unspecified atom stereocenters. The highest BCUT2D eigenvalue weighted by atomic mass is 79.9. The first-order valence-corrected chi connectivity index (χ1v) is 8.11. The van der Waals surface area contributed by atoms with Crippen LogP contribution in [0.2, 0.25) is 0 Å². The van der Waals surface area contributed by atoms with Crippen molar-refractivity contribution in [3.63, 3.8) is 0 Å². The zero-order valence-electron chi connectivity index (χ0n) is 9.74. The van der Waals surface area contributed by atoms with Gasteiger partial charge in [0.25, 0.3) is 0 Å². The number of hydrogen-bond acceptors (Lipinski definition) is 3. The van der Waals surface area contributed by atoms with E-state index in [1.54, 1.807) is 0 Å². The Hall–Kier alpha value is -0.570. The van der Waals surface area contributed by atoms with Crippen LogP contribution in [0.15, 0.2) is 34.6 Å². The minimum Gasteiger partial charge on any atom is -0.287 e. The van der Waals surface area contributed by atoms with Gasteiger partial charge in [-0.15, -0.1) is 0 Å². The summed E-state index contributed by atoms with van der Waals surface area (Å²) in [5.74, 6) is 2.94. The summed E-state index contributed by atoms with van der Waals surface area (Å²) in [5.41, 5.74) is 0.737. The lowest BCUT2D eigenvalue weighted by molar-refractivity contribution is 0.144. The number of hydrogen-bond donors (Lipinski definition) is 1. The molecule has 2 aliphatic rings. The molecule has 1 spiro atoms. The van der Waals surface area contributed by atoms with Crippen LogP contribution >= 0.6 is 23.8 Å². The van der Waals surface area contributed by atoms with E-state index in [1.165, 1.54) is 0 Å². The first-order chi connectivity index (χ1) is 8.07. The molecule has 0 fully saturated rings. The largest absolute Gasteiger partial charge is 0.446 e. The number of benzene rings is 1. The number of fused-ring (bicyclic) bond motifs is 1. The fourth-order valence-corrected chi connectivity index (χ4v) is 5.93. The number of rotatable bonds is 1. The fourth-order valence-electron chi connectivity index (χ4n) is 1.96. The van der Waals surface area contributed by atoms with Gasteiger partial charge in [0, 0.05) is 0 Å². The van der Waals surface area contributed by atoms with Gasteiger partial charge >= 0.3 is 7.87 Å². The van der Waals surface area contributed by atoms with Crippen molar-refractivity contribution in [2.24, 2.45) is 0 Å². The standard InChI is InChI=1S/C12H14BrNO2P/c1-3-12(2)11(13)8-17(16-12)14-9-6-4-5-7-10(9)15-17/h4-8,14H,3H2,1-2H3/q+1. The summed E-state index contributed by atoms with van der Waals surface area (Å²) in [5, 5.41) is 3.39. The monoisotopic (exact) mass is 314 g/mol. The molecule has 3 rings (SSSR count). The maximum Gasteiger partial charge on any atom is 0.446 e. The summed E-state index contributed by atoms with van der Waals surface area (Å²) in [6.45, 7) is 4.19. The van der Waals surface area contributed by atoms with Gasteiger partial charge in [0.2, 0.25) is 5.75 Å². The molecule has 0 saturated heterocycles. The van der Waals surface area contributed by atoms with Gasteiger partial charge < -0.3 is 0 Å². The van der Waals surface area contributed by atoms with Crippen LogP contribution in [0, 0.1) is 0 Å². The second-order valence-electron chi connectivity index (χ2n) is 4.45. The summed E-state index contributed by atoms with van der Waals surface area (Å²) < 4.78 is 13.2. The van der Waals surface area contributed by atoms with Gasteiger partial charge in [-0.25, -0.2) is 0 Å². The van der Waals surface area contributed by atoms with Gasteiger partial charge in [-0.1, -0.05) is 19.1 Å². The van der Waals surface area contributed by atoms with Crippen molar-refractivity contribution in [1.29, 1.82) is 0 Å². The van der Waals surface area contributed by atoms with Crippen molar-refractivity contribution >= 4 is 29.5 Å². The van der Waals surface area contributed by atoms with E-state index in [1.807, 2.05) is 24.3 Å². The van der Waals surface area contributed by atoms with Crippen LogP contribution in [-0.4, -0.2) is 5.60 Å². The molecule has 0 saturated carbocycles. The fraction of sp³-hybridized carbons (Fsp3) is 0.333. The van der Waals surface area contributed by atoms with Gasteiger partial charge in [-0.3, -0.25) is 4.52 Å². The molecule has 3 nitrogen and oxygen atoms in total. The first kappa shape index (κ1) is 11.5. The quantitative estimate of drug-likeness (QED) is 0.763. The maximum absolute atomic E-state index is 6.18. The van der Waals surface area contributed by atoms with Crippen LogP contribution in [0.5, 0.6) is 5.75 Å². The van der Waals surface area contributed by atoms with Gasteiger partial charge in [-0.2, -0.15) is 9.61 Å². The normalized spacial score (nSPS) is 34.2. The molecule has 2 heterocycles. The Balaban J connectivity index is 1.95. The Morgan fingerprint density at radius 1 is 1.41 bits per heavy atom. The van der Waals surface area contributed by atoms with Gasteiger partial charge in [0.15, 0.2) is 11.4 Å².